The van der Waals surface area contributed by atoms with Crippen LogP contribution in [0, 0.1) is 11.8 Å². The summed E-state index contributed by atoms with van der Waals surface area (Å²) in [6.07, 6.45) is 9.66. The highest BCUT2D eigenvalue weighted by Crippen LogP contribution is 2.33. The Kier molecular flexibility index (Phi) is 5.30. The van der Waals surface area contributed by atoms with Gasteiger partial charge in [0.25, 0.3) is 0 Å². The van der Waals surface area contributed by atoms with Crippen molar-refractivity contribution in [2.75, 3.05) is 19.6 Å². The molecule has 2 aliphatic rings. The van der Waals surface area contributed by atoms with Gasteiger partial charge in [-0.25, -0.2) is 0 Å². The summed E-state index contributed by atoms with van der Waals surface area (Å²) in [4.78, 5) is 11.6. The largest absolute Gasteiger partial charge is 0.356 e. The zero-order valence-corrected chi connectivity index (χ0v) is 10.8. The lowest BCUT2D eigenvalue weighted by atomic mass is 9.94. The smallest absolute Gasteiger partial charge is 0.220 e. The Labute approximate surface area is 105 Å². The minimum atomic E-state index is 0.256. The number of amides is 1. The molecule has 0 aromatic heterocycles. The molecule has 98 valence electrons. The fourth-order valence-electron chi connectivity index (χ4n) is 2.62. The lowest BCUT2D eigenvalue weighted by Crippen LogP contribution is -2.31. The molecule has 1 amide bonds. The molecule has 0 aromatic carbocycles. The van der Waals surface area contributed by atoms with Crippen LogP contribution in [0.4, 0.5) is 0 Å². The second-order valence-corrected chi connectivity index (χ2v) is 5.69. The van der Waals surface area contributed by atoms with Gasteiger partial charge in [0.2, 0.25) is 5.91 Å². The van der Waals surface area contributed by atoms with Crippen LogP contribution in [0.15, 0.2) is 0 Å². The van der Waals surface area contributed by atoms with E-state index in [9.17, 15) is 4.79 Å². The van der Waals surface area contributed by atoms with Crippen molar-refractivity contribution < 1.29 is 4.79 Å². The Bertz CT molecular complexity index is 232. The summed E-state index contributed by atoms with van der Waals surface area (Å²) >= 11 is 0. The molecule has 1 unspecified atom stereocenters. The predicted molar refractivity (Wildman–Crippen MR) is 69.8 cm³/mol. The van der Waals surface area contributed by atoms with Gasteiger partial charge in [-0.05, 0) is 57.0 Å². The zero-order chi connectivity index (χ0) is 11.9. The van der Waals surface area contributed by atoms with E-state index in [0.717, 1.165) is 44.3 Å². The van der Waals surface area contributed by atoms with Gasteiger partial charge in [-0.1, -0.05) is 12.8 Å². The predicted octanol–water partition coefficient (Wildman–Crippen LogP) is 2.07. The quantitative estimate of drug-likeness (QED) is 0.667. The number of hydrogen-bond acceptors (Lipinski definition) is 2. The first kappa shape index (κ1) is 12.9. The van der Waals surface area contributed by atoms with E-state index < -0.39 is 0 Å². The Morgan fingerprint density at radius 3 is 2.76 bits per heavy atom. The van der Waals surface area contributed by atoms with Crippen molar-refractivity contribution in [3.05, 3.63) is 0 Å². The van der Waals surface area contributed by atoms with Crippen LogP contribution in [0.1, 0.15) is 51.4 Å². The van der Waals surface area contributed by atoms with Crippen molar-refractivity contribution in [2.24, 2.45) is 11.8 Å². The van der Waals surface area contributed by atoms with Crippen molar-refractivity contribution in [2.45, 2.75) is 51.4 Å². The third-order valence-corrected chi connectivity index (χ3v) is 3.99. The monoisotopic (exact) mass is 238 g/mol. The molecule has 1 heterocycles. The maximum Gasteiger partial charge on any atom is 0.220 e. The normalized spacial score (nSPS) is 24.6. The third-order valence-electron chi connectivity index (χ3n) is 3.99. The van der Waals surface area contributed by atoms with Crippen molar-refractivity contribution in [3.63, 3.8) is 0 Å². The van der Waals surface area contributed by atoms with Crippen LogP contribution >= 0.6 is 0 Å². The van der Waals surface area contributed by atoms with Crippen LogP contribution in [-0.2, 0) is 4.79 Å². The molecule has 1 saturated carbocycles. The lowest BCUT2D eigenvalue weighted by Gasteiger charge is -2.22. The van der Waals surface area contributed by atoms with Gasteiger partial charge in [0, 0.05) is 13.0 Å². The van der Waals surface area contributed by atoms with Crippen LogP contribution in [0.3, 0.4) is 0 Å². The molecular formula is C14H26N2O. The highest BCUT2D eigenvalue weighted by molar-refractivity contribution is 5.75. The number of carbonyl (C=O) groups is 1. The molecule has 0 radical (unpaired) electrons. The summed E-state index contributed by atoms with van der Waals surface area (Å²) in [5.41, 5.74) is 0. The molecule has 1 saturated heterocycles. The topological polar surface area (TPSA) is 41.1 Å². The number of hydrogen-bond donors (Lipinski definition) is 2. The van der Waals surface area contributed by atoms with Gasteiger partial charge in [0.1, 0.15) is 0 Å². The first-order chi connectivity index (χ1) is 8.34. The number of carbonyl (C=O) groups excluding carboxylic acids is 1. The lowest BCUT2D eigenvalue weighted by molar-refractivity contribution is -0.121. The van der Waals surface area contributed by atoms with Gasteiger partial charge in [-0.3, -0.25) is 4.79 Å². The van der Waals surface area contributed by atoms with E-state index in [0.29, 0.717) is 0 Å². The summed E-state index contributed by atoms with van der Waals surface area (Å²) in [7, 11) is 0. The van der Waals surface area contributed by atoms with E-state index in [4.69, 9.17) is 0 Å². The van der Waals surface area contributed by atoms with Crippen molar-refractivity contribution in [3.8, 4) is 0 Å². The highest BCUT2D eigenvalue weighted by Gasteiger charge is 2.20. The van der Waals surface area contributed by atoms with E-state index in [1.807, 2.05) is 0 Å². The second-order valence-electron chi connectivity index (χ2n) is 5.69. The second kappa shape index (κ2) is 7.00. The van der Waals surface area contributed by atoms with E-state index in [-0.39, 0.29) is 5.91 Å². The Morgan fingerprint density at radius 2 is 2.06 bits per heavy atom. The molecular weight excluding hydrogens is 212 g/mol. The summed E-state index contributed by atoms with van der Waals surface area (Å²) in [5.74, 6) is 1.97. The van der Waals surface area contributed by atoms with Crippen molar-refractivity contribution in [1.82, 2.24) is 10.6 Å². The Hall–Kier alpha value is -0.570. The van der Waals surface area contributed by atoms with Crippen LogP contribution in [0.25, 0.3) is 0 Å². The van der Waals surface area contributed by atoms with Gasteiger partial charge in [0.05, 0.1) is 0 Å². The molecule has 1 aliphatic carbocycles. The maximum atomic E-state index is 11.6. The number of rotatable bonds is 7. The van der Waals surface area contributed by atoms with Crippen LogP contribution in [-0.4, -0.2) is 25.5 Å². The number of nitrogens with one attached hydrogen (secondary N) is 2. The first-order valence-corrected chi connectivity index (χ1v) is 7.32. The van der Waals surface area contributed by atoms with Gasteiger partial charge >= 0.3 is 0 Å². The van der Waals surface area contributed by atoms with E-state index >= 15 is 0 Å². The first-order valence-electron chi connectivity index (χ1n) is 7.32. The molecule has 17 heavy (non-hydrogen) atoms. The van der Waals surface area contributed by atoms with Crippen LogP contribution < -0.4 is 10.6 Å². The number of piperidine rings is 1. The third kappa shape index (κ3) is 5.53. The van der Waals surface area contributed by atoms with E-state index in [1.54, 1.807) is 0 Å². The standard InChI is InChI=1S/C14H26N2O/c17-14(16-10-2-3-12-5-6-12)8-7-13-4-1-9-15-11-13/h12-13,15H,1-11H2,(H,16,17). The Balaban J connectivity index is 1.44. The summed E-state index contributed by atoms with van der Waals surface area (Å²) in [5, 5.41) is 6.44. The van der Waals surface area contributed by atoms with Crippen molar-refractivity contribution in [1.29, 1.82) is 0 Å². The van der Waals surface area contributed by atoms with Crippen LogP contribution in [0.2, 0.25) is 0 Å². The molecule has 1 atom stereocenters. The van der Waals surface area contributed by atoms with E-state index in [1.165, 1.54) is 38.5 Å². The molecule has 3 nitrogen and oxygen atoms in total. The van der Waals surface area contributed by atoms with Crippen LogP contribution in [0.5, 0.6) is 0 Å². The molecule has 1 aliphatic heterocycles. The Morgan fingerprint density at radius 1 is 1.18 bits per heavy atom. The summed E-state index contributed by atoms with van der Waals surface area (Å²) in [6.45, 7) is 3.15. The zero-order valence-electron chi connectivity index (χ0n) is 10.8. The molecule has 2 fully saturated rings. The maximum absolute atomic E-state index is 11.6. The fraction of sp³-hybridized carbons (Fsp3) is 0.929. The fourth-order valence-corrected chi connectivity index (χ4v) is 2.62. The molecule has 0 aromatic rings. The molecule has 0 spiro atoms. The van der Waals surface area contributed by atoms with Gasteiger partial charge in [0.15, 0.2) is 0 Å². The summed E-state index contributed by atoms with van der Waals surface area (Å²) in [6, 6.07) is 0. The average Bonchev–Trinajstić information content (AvgIpc) is 3.17. The van der Waals surface area contributed by atoms with Gasteiger partial charge < -0.3 is 10.6 Å². The minimum absolute atomic E-state index is 0.256. The highest BCUT2D eigenvalue weighted by atomic mass is 16.1. The average molecular weight is 238 g/mol. The minimum Gasteiger partial charge on any atom is -0.356 e. The SMILES string of the molecule is O=C(CCC1CCCNC1)NCCCC1CC1. The van der Waals surface area contributed by atoms with E-state index in [2.05, 4.69) is 10.6 Å². The summed E-state index contributed by atoms with van der Waals surface area (Å²) < 4.78 is 0. The molecule has 2 rings (SSSR count). The molecule has 0 bridgehead atoms. The molecule has 3 heteroatoms. The van der Waals surface area contributed by atoms with Gasteiger partial charge in [-0.2, -0.15) is 0 Å². The van der Waals surface area contributed by atoms with Gasteiger partial charge in [-0.15, -0.1) is 0 Å². The van der Waals surface area contributed by atoms with Crippen molar-refractivity contribution >= 4 is 5.91 Å². The molecule has 2 N–H and O–H groups in total.